The molecule has 1 aromatic carbocycles. The molecule has 138 valence electrons. The lowest BCUT2D eigenvalue weighted by Crippen LogP contribution is -2.41. The molecule has 0 spiro atoms. The highest BCUT2D eigenvalue weighted by molar-refractivity contribution is 5.78. The molecule has 3 N–H and O–H groups in total. The van der Waals surface area contributed by atoms with Crippen LogP contribution in [0.5, 0.6) is 0 Å². The van der Waals surface area contributed by atoms with Crippen molar-refractivity contribution in [2.24, 2.45) is 5.73 Å². The normalized spacial score (nSPS) is 15.7. The Morgan fingerprint density at radius 2 is 1.76 bits per heavy atom. The Kier molecular flexibility index (Phi) is 6.82. The Balaban J connectivity index is 1.77. The maximum Gasteiger partial charge on any atom is 0.314 e. The van der Waals surface area contributed by atoms with Crippen molar-refractivity contribution in [2.45, 2.75) is 33.6 Å². The fraction of sp³-hybridized carbons (Fsp3) is 0.579. The minimum atomic E-state index is -0.380. The number of nitrogens with two attached hydrogens (primary N) is 1. The summed E-state index contributed by atoms with van der Waals surface area (Å²) in [7, 11) is 0. The summed E-state index contributed by atoms with van der Waals surface area (Å²) in [5.41, 5.74) is 10.5. The van der Waals surface area contributed by atoms with E-state index in [9.17, 15) is 9.59 Å². The average Bonchev–Trinajstić information content (AvgIpc) is 2.75. The smallest absolute Gasteiger partial charge is 0.314 e. The average molecular weight is 346 g/mol. The number of nitrogens with one attached hydrogen (secondary N) is 1. The molecule has 6 nitrogen and oxygen atoms in total. The van der Waals surface area contributed by atoms with Crippen molar-refractivity contribution in [1.82, 2.24) is 15.1 Å². The van der Waals surface area contributed by atoms with Gasteiger partial charge in [0.25, 0.3) is 0 Å². The Bertz CT molecular complexity index is 607. The highest BCUT2D eigenvalue weighted by atomic mass is 16.2. The molecular formula is C19H30N4O2. The first-order valence-electron chi connectivity index (χ1n) is 8.97. The maximum absolute atomic E-state index is 12.2. The van der Waals surface area contributed by atoms with Gasteiger partial charge in [0, 0.05) is 32.7 Å². The topological polar surface area (TPSA) is 78.7 Å². The molecule has 0 radical (unpaired) electrons. The highest BCUT2D eigenvalue weighted by Crippen LogP contribution is 2.16. The number of carbonyl (C=O) groups is 2. The second-order valence-corrected chi connectivity index (χ2v) is 6.93. The number of urea groups is 1. The van der Waals surface area contributed by atoms with Gasteiger partial charge in [-0.1, -0.05) is 17.7 Å². The molecule has 1 aromatic rings. The van der Waals surface area contributed by atoms with Crippen LogP contribution in [0.1, 0.15) is 28.7 Å². The number of primary amides is 1. The third kappa shape index (κ3) is 5.74. The molecule has 0 atom stereocenters. The predicted molar refractivity (Wildman–Crippen MR) is 99.6 cm³/mol. The quantitative estimate of drug-likeness (QED) is 0.845. The number of hydrogen-bond donors (Lipinski definition) is 2. The molecule has 1 heterocycles. The minimum Gasteiger partial charge on any atom is -0.355 e. The van der Waals surface area contributed by atoms with E-state index < -0.39 is 0 Å². The van der Waals surface area contributed by atoms with E-state index in [2.05, 4.69) is 43.1 Å². The number of aryl methyl sites for hydroxylation is 3. The molecule has 0 unspecified atom stereocenters. The molecule has 0 bridgehead atoms. The van der Waals surface area contributed by atoms with E-state index in [1.165, 1.54) is 22.3 Å². The Morgan fingerprint density at radius 1 is 1.08 bits per heavy atom. The van der Waals surface area contributed by atoms with Crippen LogP contribution >= 0.6 is 0 Å². The van der Waals surface area contributed by atoms with E-state index in [0.29, 0.717) is 32.7 Å². The van der Waals surface area contributed by atoms with E-state index >= 15 is 0 Å². The van der Waals surface area contributed by atoms with Crippen LogP contribution in [0.2, 0.25) is 0 Å². The van der Waals surface area contributed by atoms with Crippen LogP contribution < -0.4 is 11.1 Å². The Hall–Kier alpha value is -2.08. The SMILES string of the molecule is Cc1cc(C)c(CCNC(=O)CN2CCCN(C(N)=O)CC2)c(C)c1. The molecule has 0 aliphatic carbocycles. The fourth-order valence-corrected chi connectivity index (χ4v) is 3.54. The minimum absolute atomic E-state index is 0.0370. The van der Waals surface area contributed by atoms with Crippen LogP contribution in [-0.2, 0) is 11.2 Å². The first-order chi connectivity index (χ1) is 11.9. The van der Waals surface area contributed by atoms with E-state index in [4.69, 9.17) is 5.73 Å². The van der Waals surface area contributed by atoms with Gasteiger partial charge in [0.2, 0.25) is 5.91 Å². The van der Waals surface area contributed by atoms with Gasteiger partial charge in [-0.2, -0.15) is 0 Å². The standard InChI is InChI=1S/C19H30N4O2/c1-14-11-15(2)17(16(3)12-14)5-6-21-18(24)13-22-7-4-8-23(10-9-22)19(20)25/h11-12H,4-10,13H2,1-3H3,(H2,20,25)(H,21,24). The van der Waals surface area contributed by atoms with Gasteiger partial charge in [-0.25, -0.2) is 4.79 Å². The molecule has 25 heavy (non-hydrogen) atoms. The van der Waals surface area contributed by atoms with Gasteiger partial charge in [-0.3, -0.25) is 9.69 Å². The van der Waals surface area contributed by atoms with Gasteiger partial charge < -0.3 is 16.0 Å². The fourth-order valence-electron chi connectivity index (χ4n) is 3.54. The van der Waals surface area contributed by atoms with Crippen molar-refractivity contribution in [3.8, 4) is 0 Å². The number of benzene rings is 1. The Labute approximate surface area is 150 Å². The zero-order valence-electron chi connectivity index (χ0n) is 15.6. The van der Waals surface area contributed by atoms with Gasteiger partial charge in [0.1, 0.15) is 0 Å². The summed E-state index contributed by atoms with van der Waals surface area (Å²) in [6, 6.07) is 3.99. The first-order valence-corrected chi connectivity index (χ1v) is 8.97. The summed E-state index contributed by atoms with van der Waals surface area (Å²) in [5.74, 6) is 0.0370. The van der Waals surface area contributed by atoms with E-state index in [0.717, 1.165) is 19.4 Å². The van der Waals surface area contributed by atoms with Crippen molar-refractivity contribution in [2.75, 3.05) is 39.3 Å². The van der Waals surface area contributed by atoms with E-state index in [-0.39, 0.29) is 11.9 Å². The lowest BCUT2D eigenvalue weighted by molar-refractivity contribution is -0.122. The molecule has 3 amide bonds. The van der Waals surface area contributed by atoms with Crippen LogP contribution in [0.15, 0.2) is 12.1 Å². The van der Waals surface area contributed by atoms with Crippen molar-refractivity contribution < 1.29 is 9.59 Å². The summed E-state index contributed by atoms with van der Waals surface area (Å²) in [4.78, 5) is 27.2. The van der Waals surface area contributed by atoms with Crippen LogP contribution in [0.4, 0.5) is 4.79 Å². The molecule has 0 saturated carbocycles. The van der Waals surface area contributed by atoms with Gasteiger partial charge in [-0.15, -0.1) is 0 Å². The summed E-state index contributed by atoms with van der Waals surface area (Å²) in [6.45, 7) is 10.1. The molecule has 6 heteroatoms. The summed E-state index contributed by atoms with van der Waals surface area (Å²) in [5, 5.41) is 3.02. The second kappa shape index (κ2) is 8.85. The zero-order valence-corrected chi connectivity index (χ0v) is 15.6. The highest BCUT2D eigenvalue weighted by Gasteiger charge is 2.18. The number of carbonyl (C=O) groups excluding carboxylic acids is 2. The number of nitrogens with zero attached hydrogens (tertiary/aromatic N) is 2. The van der Waals surface area contributed by atoms with Crippen molar-refractivity contribution in [1.29, 1.82) is 0 Å². The van der Waals surface area contributed by atoms with Crippen molar-refractivity contribution in [3.05, 3.63) is 34.4 Å². The zero-order chi connectivity index (χ0) is 18.4. The summed E-state index contributed by atoms with van der Waals surface area (Å²) < 4.78 is 0. The number of amides is 3. The lowest BCUT2D eigenvalue weighted by atomic mass is 9.97. The van der Waals surface area contributed by atoms with Crippen molar-refractivity contribution in [3.63, 3.8) is 0 Å². The van der Waals surface area contributed by atoms with Crippen molar-refractivity contribution >= 4 is 11.9 Å². The molecule has 1 fully saturated rings. The van der Waals surface area contributed by atoms with Crippen LogP contribution in [0.25, 0.3) is 0 Å². The number of rotatable bonds is 5. The lowest BCUT2D eigenvalue weighted by Gasteiger charge is -2.20. The van der Waals surface area contributed by atoms with Gasteiger partial charge in [0.05, 0.1) is 6.54 Å². The van der Waals surface area contributed by atoms with E-state index in [1.54, 1.807) is 4.90 Å². The van der Waals surface area contributed by atoms with Crippen LogP contribution in [-0.4, -0.2) is 61.0 Å². The molecule has 1 aliphatic rings. The first kappa shape index (κ1) is 19.2. The van der Waals surface area contributed by atoms with E-state index in [1.807, 2.05) is 0 Å². The monoisotopic (exact) mass is 346 g/mol. The third-order valence-corrected chi connectivity index (χ3v) is 4.80. The maximum atomic E-state index is 12.2. The third-order valence-electron chi connectivity index (χ3n) is 4.80. The van der Waals surface area contributed by atoms with Gasteiger partial charge in [-0.05, 0) is 50.3 Å². The van der Waals surface area contributed by atoms with Gasteiger partial charge in [0.15, 0.2) is 0 Å². The van der Waals surface area contributed by atoms with Crippen LogP contribution in [0.3, 0.4) is 0 Å². The molecular weight excluding hydrogens is 316 g/mol. The molecule has 1 saturated heterocycles. The second-order valence-electron chi connectivity index (χ2n) is 6.93. The summed E-state index contributed by atoms with van der Waals surface area (Å²) >= 11 is 0. The van der Waals surface area contributed by atoms with Gasteiger partial charge >= 0.3 is 6.03 Å². The molecule has 2 rings (SSSR count). The predicted octanol–water partition coefficient (Wildman–Crippen LogP) is 1.36. The summed E-state index contributed by atoms with van der Waals surface area (Å²) in [6.07, 6.45) is 1.69. The number of hydrogen-bond acceptors (Lipinski definition) is 3. The largest absolute Gasteiger partial charge is 0.355 e. The molecule has 0 aromatic heterocycles. The Morgan fingerprint density at radius 3 is 2.40 bits per heavy atom. The molecule has 1 aliphatic heterocycles. The van der Waals surface area contributed by atoms with Crippen LogP contribution in [0, 0.1) is 20.8 Å².